The highest BCUT2D eigenvalue weighted by molar-refractivity contribution is 7.90. The van der Waals surface area contributed by atoms with Crippen LogP contribution < -0.4 is 11.1 Å². The van der Waals surface area contributed by atoms with Gasteiger partial charge in [-0.15, -0.1) is 0 Å². The molecule has 204 valence electrons. The molecule has 1 aliphatic carbocycles. The Morgan fingerprint density at radius 2 is 1.73 bits per heavy atom. The molecule has 3 N–H and O–H groups in total. The highest BCUT2D eigenvalue weighted by atomic mass is 32.2. The van der Waals surface area contributed by atoms with Crippen molar-refractivity contribution in [1.82, 2.24) is 9.78 Å². The summed E-state index contributed by atoms with van der Waals surface area (Å²) in [5.74, 6) is -4.69. The number of halogens is 2. The van der Waals surface area contributed by atoms with Crippen molar-refractivity contribution in [3.63, 3.8) is 0 Å². The van der Waals surface area contributed by atoms with Gasteiger partial charge in [0.15, 0.2) is 27.2 Å². The number of rotatable bonds is 6. The van der Waals surface area contributed by atoms with Crippen molar-refractivity contribution >= 4 is 33.0 Å². The van der Waals surface area contributed by atoms with E-state index in [0.717, 1.165) is 11.8 Å². The Labute approximate surface area is 225 Å². The van der Waals surface area contributed by atoms with Crippen LogP contribution in [0.2, 0.25) is 0 Å². The summed E-state index contributed by atoms with van der Waals surface area (Å²) in [7, 11) is -3.46. The van der Waals surface area contributed by atoms with Gasteiger partial charge in [-0.2, -0.15) is 5.10 Å². The van der Waals surface area contributed by atoms with Crippen molar-refractivity contribution in [2.75, 3.05) is 11.6 Å². The molecule has 0 unspecified atom stereocenters. The second-order valence-electron chi connectivity index (χ2n) is 9.08. The Balaban J connectivity index is 1.60. The molecule has 1 heterocycles. The number of sulfone groups is 1. The van der Waals surface area contributed by atoms with E-state index in [2.05, 4.69) is 10.4 Å². The normalized spacial score (nSPS) is 12.4. The molecular weight excluding hydrogens is 548 g/mol. The van der Waals surface area contributed by atoms with Crippen molar-refractivity contribution in [2.24, 2.45) is 5.73 Å². The highest BCUT2D eigenvalue weighted by Gasteiger charge is 2.29. The number of nitro benzene ring substituents is 1. The van der Waals surface area contributed by atoms with Crippen molar-refractivity contribution in [1.29, 1.82) is 0 Å². The fourth-order valence-electron chi connectivity index (χ4n) is 4.60. The number of carbonyl (C=O) groups excluding carboxylic acids is 2. The Kier molecular flexibility index (Phi) is 6.42. The number of fused-ring (bicyclic) bond motifs is 3. The molecule has 0 fully saturated rings. The van der Waals surface area contributed by atoms with Crippen LogP contribution in [-0.4, -0.2) is 41.2 Å². The third kappa shape index (κ3) is 4.68. The number of carbonyl (C=O) groups is 2. The summed E-state index contributed by atoms with van der Waals surface area (Å²) < 4.78 is 52.6. The fraction of sp³-hybridized carbons (Fsp3) is 0.115. The van der Waals surface area contributed by atoms with Crippen LogP contribution in [0, 0.1) is 21.7 Å². The van der Waals surface area contributed by atoms with E-state index in [1.165, 1.54) is 28.9 Å². The van der Waals surface area contributed by atoms with Gasteiger partial charge < -0.3 is 11.1 Å². The van der Waals surface area contributed by atoms with Gasteiger partial charge in [0.2, 0.25) is 0 Å². The van der Waals surface area contributed by atoms with Crippen LogP contribution in [-0.2, 0) is 22.7 Å². The van der Waals surface area contributed by atoms with Gasteiger partial charge in [0.1, 0.15) is 5.56 Å². The van der Waals surface area contributed by atoms with Crippen molar-refractivity contribution in [3.8, 4) is 16.9 Å². The zero-order valence-electron chi connectivity index (χ0n) is 20.6. The van der Waals surface area contributed by atoms with Gasteiger partial charge in [-0.1, -0.05) is 6.07 Å². The Hall–Kier alpha value is -4.98. The molecule has 0 saturated carbocycles. The monoisotopic (exact) mass is 567 g/mol. The van der Waals surface area contributed by atoms with E-state index in [-0.39, 0.29) is 16.3 Å². The topological polar surface area (TPSA) is 167 Å². The van der Waals surface area contributed by atoms with Crippen LogP contribution in [0.25, 0.3) is 16.9 Å². The fourth-order valence-corrected chi connectivity index (χ4v) is 5.23. The van der Waals surface area contributed by atoms with Gasteiger partial charge in [0.25, 0.3) is 17.5 Å². The summed E-state index contributed by atoms with van der Waals surface area (Å²) in [5, 5.41) is 18.2. The molecule has 11 nitrogen and oxygen atoms in total. The quantitative estimate of drug-likeness (QED) is 0.265. The summed E-state index contributed by atoms with van der Waals surface area (Å²) >= 11 is 0. The summed E-state index contributed by atoms with van der Waals surface area (Å²) in [4.78, 5) is 35.5. The summed E-state index contributed by atoms with van der Waals surface area (Å²) in [6.07, 6.45) is 2.00. The largest absolute Gasteiger partial charge is 0.364 e. The van der Waals surface area contributed by atoms with Crippen molar-refractivity contribution in [3.05, 3.63) is 98.7 Å². The van der Waals surface area contributed by atoms with Crippen LogP contribution in [0.3, 0.4) is 0 Å². The minimum atomic E-state index is -3.46. The van der Waals surface area contributed by atoms with Crippen LogP contribution in [0.15, 0.2) is 59.5 Å². The van der Waals surface area contributed by atoms with Crippen molar-refractivity contribution < 1.29 is 31.7 Å². The van der Waals surface area contributed by atoms with Crippen LogP contribution >= 0.6 is 0 Å². The third-order valence-electron chi connectivity index (χ3n) is 6.47. The van der Waals surface area contributed by atoms with E-state index in [1.807, 2.05) is 0 Å². The lowest BCUT2D eigenvalue weighted by atomic mass is 9.88. The molecule has 5 rings (SSSR count). The van der Waals surface area contributed by atoms with Crippen molar-refractivity contribution in [2.45, 2.75) is 17.7 Å². The lowest BCUT2D eigenvalue weighted by molar-refractivity contribution is -0.385. The van der Waals surface area contributed by atoms with Gasteiger partial charge in [-0.05, 0) is 60.9 Å². The van der Waals surface area contributed by atoms with Crippen LogP contribution in [0.4, 0.5) is 20.2 Å². The van der Waals surface area contributed by atoms with Gasteiger partial charge in [0.05, 0.1) is 27.3 Å². The van der Waals surface area contributed by atoms with Crippen LogP contribution in [0.5, 0.6) is 0 Å². The predicted octanol–water partition coefficient (Wildman–Crippen LogP) is 3.58. The van der Waals surface area contributed by atoms with E-state index in [9.17, 15) is 36.9 Å². The molecule has 4 aromatic rings. The minimum absolute atomic E-state index is 0.0275. The molecule has 1 aromatic heterocycles. The molecule has 0 saturated heterocycles. The lowest BCUT2D eigenvalue weighted by Crippen LogP contribution is -2.16. The van der Waals surface area contributed by atoms with Gasteiger partial charge in [-0.25, -0.2) is 21.9 Å². The lowest BCUT2D eigenvalue weighted by Gasteiger charge is -2.20. The molecule has 2 amide bonds. The van der Waals surface area contributed by atoms with E-state index >= 15 is 0 Å². The third-order valence-corrected chi connectivity index (χ3v) is 7.60. The van der Waals surface area contributed by atoms with Crippen LogP contribution in [0.1, 0.15) is 32.0 Å². The van der Waals surface area contributed by atoms with Gasteiger partial charge >= 0.3 is 0 Å². The van der Waals surface area contributed by atoms with E-state index in [4.69, 9.17) is 5.73 Å². The Morgan fingerprint density at radius 1 is 1.05 bits per heavy atom. The smallest absolute Gasteiger partial charge is 0.285 e. The number of benzene rings is 3. The molecule has 0 bridgehead atoms. The first-order valence-corrected chi connectivity index (χ1v) is 13.5. The van der Waals surface area contributed by atoms with Gasteiger partial charge in [0, 0.05) is 23.1 Å². The highest BCUT2D eigenvalue weighted by Crippen LogP contribution is 2.38. The number of nitrogens with two attached hydrogens (primary N) is 1. The maximum Gasteiger partial charge on any atom is 0.285 e. The summed E-state index contributed by atoms with van der Waals surface area (Å²) in [6, 6.07) is 11.5. The summed E-state index contributed by atoms with van der Waals surface area (Å²) in [6.45, 7) is 0. The maximum atomic E-state index is 13.8. The zero-order chi connectivity index (χ0) is 28.9. The zero-order valence-corrected chi connectivity index (χ0v) is 21.5. The van der Waals surface area contributed by atoms with E-state index in [0.29, 0.717) is 47.5 Å². The number of aryl methyl sites for hydroxylation is 1. The number of primary amides is 1. The predicted molar refractivity (Wildman–Crippen MR) is 139 cm³/mol. The second kappa shape index (κ2) is 9.64. The first kappa shape index (κ1) is 26.6. The number of nitrogens with one attached hydrogen (secondary N) is 1. The average molecular weight is 568 g/mol. The minimum Gasteiger partial charge on any atom is -0.364 e. The number of anilines is 1. The molecular formula is C26H19F2N5O6S. The second-order valence-corrected chi connectivity index (χ2v) is 11.1. The molecule has 0 aliphatic heterocycles. The average Bonchev–Trinajstić information content (AvgIpc) is 3.30. The van der Waals surface area contributed by atoms with Gasteiger partial charge in [-0.3, -0.25) is 19.7 Å². The number of nitro groups is 1. The first-order valence-electron chi connectivity index (χ1n) is 11.7. The number of amides is 2. The van der Waals surface area contributed by atoms with E-state index in [1.54, 1.807) is 18.2 Å². The van der Waals surface area contributed by atoms with E-state index < -0.39 is 49.5 Å². The molecule has 3 aromatic carbocycles. The summed E-state index contributed by atoms with van der Waals surface area (Å²) in [5.41, 5.74) is 7.08. The maximum absolute atomic E-state index is 13.8. The first-order chi connectivity index (χ1) is 18.8. The molecule has 40 heavy (non-hydrogen) atoms. The molecule has 14 heteroatoms. The molecule has 0 spiro atoms. The Bertz CT molecular complexity index is 1850. The Morgan fingerprint density at radius 3 is 2.35 bits per heavy atom. The standard InChI is InChI=1S/C26H19F2N5O6S/c1-40(38,39)16-7-5-15(6-8-16)32-24-17(23(31-32)25(29)34)9-3-13-2-4-14(10-18(13)24)30-26(35)19-11-20(27)21(28)12-22(19)33(36)37/h2,4-8,10-12H,3,9H2,1H3,(H2,29,34)(H,30,35). The number of aromatic nitrogens is 2. The number of nitrogens with zero attached hydrogens (tertiary/aromatic N) is 3. The number of hydrogen-bond acceptors (Lipinski definition) is 7. The molecule has 1 aliphatic rings. The molecule has 0 radical (unpaired) electrons. The number of hydrogen-bond donors (Lipinski definition) is 2. The molecule has 0 atom stereocenters. The SMILES string of the molecule is CS(=O)(=O)c1ccc(-n2nc(C(N)=O)c3c2-c2cc(NC(=O)c4cc(F)c(F)cc4[N+](=O)[O-])ccc2CC3)cc1.